The second-order valence-electron chi connectivity index (χ2n) is 3.45. The molecule has 2 rings (SSSR count). The fourth-order valence-corrected chi connectivity index (χ4v) is 1.97. The minimum absolute atomic E-state index is 0.00931. The van der Waals surface area contributed by atoms with E-state index in [0.29, 0.717) is 0 Å². The maximum atomic E-state index is 11.8. The van der Waals surface area contributed by atoms with Crippen LogP contribution in [0.2, 0.25) is 0 Å². The summed E-state index contributed by atoms with van der Waals surface area (Å²) in [6.07, 6.45) is 0. The van der Waals surface area contributed by atoms with Crippen molar-refractivity contribution in [2.24, 2.45) is 0 Å². The van der Waals surface area contributed by atoms with Crippen LogP contribution in [0.15, 0.2) is 22.2 Å². The van der Waals surface area contributed by atoms with Crippen molar-refractivity contribution in [3.05, 3.63) is 44.5 Å². The van der Waals surface area contributed by atoms with Gasteiger partial charge in [0, 0.05) is 11.1 Å². The van der Waals surface area contributed by atoms with Crippen molar-refractivity contribution >= 4 is 34.8 Å². The fourth-order valence-electron chi connectivity index (χ4n) is 1.60. The molecule has 86 valence electrons. The number of hydrogen-bond donors (Lipinski definition) is 0. The molecular weight excluding hydrogens is 275 g/mol. The van der Waals surface area contributed by atoms with E-state index in [0.717, 1.165) is 0 Å². The standard InChI is InChI=1S/C12H2Cl2N2O2/c13-9-10(14)12(18)8-2-6(4-16)5(3-15)1-7(8)11(9)17/h1-2H. The van der Waals surface area contributed by atoms with Crippen LogP contribution in [0.5, 0.6) is 0 Å². The summed E-state index contributed by atoms with van der Waals surface area (Å²) in [7, 11) is 0. The second kappa shape index (κ2) is 4.27. The van der Waals surface area contributed by atoms with Crippen LogP contribution in [0.4, 0.5) is 0 Å². The predicted molar refractivity (Wildman–Crippen MR) is 63.3 cm³/mol. The van der Waals surface area contributed by atoms with Crippen LogP contribution in [0.1, 0.15) is 31.8 Å². The highest BCUT2D eigenvalue weighted by atomic mass is 35.5. The molecule has 0 fully saturated rings. The second-order valence-corrected chi connectivity index (χ2v) is 4.21. The molecule has 0 atom stereocenters. The van der Waals surface area contributed by atoms with E-state index in [9.17, 15) is 9.59 Å². The Hall–Kier alpha value is -2.14. The predicted octanol–water partition coefficient (Wildman–Crippen LogP) is 2.50. The smallest absolute Gasteiger partial charge is 0.206 e. The Labute approximate surface area is 112 Å². The van der Waals surface area contributed by atoms with Gasteiger partial charge < -0.3 is 0 Å². The number of carbonyl (C=O) groups excluding carboxylic acids is 2. The molecule has 6 heteroatoms. The zero-order valence-corrected chi connectivity index (χ0v) is 10.1. The van der Waals surface area contributed by atoms with Gasteiger partial charge in [-0.2, -0.15) is 10.5 Å². The summed E-state index contributed by atoms with van der Waals surface area (Å²) in [5.74, 6) is -1.26. The number of rotatable bonds is 0. The SMILES string of the molecule is N#Cc1cc2c(cc1C#N)C(=O)C(Cl)=C(Cl)C2=O. The minimum Gasteiger partial charge on any atom is -0.288 e. The molecule has 0 radical (unpaired) electrons. The normalized spacial score (nSPS) is 14.0. The average Bonchev–Trinajstić information content (AvgIpc) is 2.41. The third-order valence-corrected chi connectivity index (χ3v) is 3.30. The molecule has 0 aromatic heterocycles. The van der Waals surface area contributed by atoms with E-state index in [4.69, 9.17) is 33.7 Å². The van der Waals surface area contributed by atoms with E-state index in [1.165, 1.54) is 12.1 Å². The van der Waals surface area contributed by atoms with Crippen molar-refractivity contribution in [2.75, 3.05) is 0 Å². The molecule has 18 heavy (non-hydrogen) atoms. The molecule has 1 aromatic rings. The van der Waals surface area contributed by atoms with Gasteiger partial charge >= 0.3 is 0 Å². The lowest BCUT2D eigenvalue weighted by Gasteiger charge is -2.14. The Morgan fingerprint density at radius 2 is 1.17 bits per heavy atom. The molecular formula is C12H2Cl2N2O2. The van der Waals surface area contributed by atoms with Gasteiger partial charge in [0.15, 0.2) is 0 Å². The molecule has 1 aliphatic rings. The van der Waals surface area contributed by atoms with Crippen molar-refractivity contribution in [2.45, 2.75) is 0 Å². The third kappa shape index (κ3) is 1.60. The molecule has 0 unspecified atom stereocenters. The van der Waals surface area contributed by atoms with Crippen molar-refractivity contribution in [1.29, 1.82) is 10.5 Å². The number of Topliss-reactive ketones (excluding diaryl/α,β-unsaturated/α-hetero) is 2. The number of carbonyl (C=O) groups is 2. The number of halogens is 2. The summed E-state index contributed by atoms with van der Waals surface area (Å²) in [4.78, 5) is 23.6. The summed E-state index contributed by atoms with van der Waals surface area (Å²) in [5, 5.41) is 17.0. The van der Waals surface area contributed by atoms with Crippen LogP contribution in [0, 0.1) is 22.7 Å². The lowest BCUT2D eigenvalue weighted by atomic mass is 9.90. The number of benzene rings is 1. The van der Waals surface area contributed by atoms with Crippen LogP contribution < -0.4 is 0 Å². The molecule has 4 nitrogen and oxygen atoms in total. The van der Waals surface area contributed by atoms with E-state index in [1.807, 2.05) is 0 Å². The van der Waals surface area contributed by atoms with Gasteiger partial charge in [0.2, 0.25) is 11.6 Å². The molecule has 0 aliphatic heterocycles. The summed E-state index contributed by atoms with van der Waals surface area (Å²) in [6, 6.07) is 5.92. The molecule has 0 amide bonds. The average molecular weight is 277 g/mol. The first-order valence-corrected chi connectivity index (χ1v) is 5.39. The Kier molecular flexibility index (Phi) is 2.92. The number of allylic oxidation sites excluding steroid dienone is 2. The highest BCUT2D eigenvalue weighted by molar-refractivity contribution is 6.59. The highest BCUT2D eigenvalue weighted by Crippen LogP contribution is 2.32. The maximum absolute atomic E-state index is 11.8. The first kappa shape index (κ1) is 12.3. The van der Waals surface area contributed by atoms with Crippen LogP contribution in [-0.2, 0) is 0 Å². The molecule has 0 saturated carbocycles. The maximum Gasteiger partial charge on any atom is 0.206 e. The van der Waals surface area contributed by atoms with Crippen LogP contribution in [-0.4, -0.2) is 11.6 Å². The third-order valence-electron chi connectivity index (χ3n) is 2.48. The first-order chi connectivity index (χ1) is 8.51. The Morgan fingerprint density at radius 1 is 0.833 bits per heavy atom. The summed E-state index contributed by atoms with van der Waals surface area (Å²) in [5.41, 5.74) is 0.00896. The van der Waals surface area contributed by atoms with E-state index in [1.54, 1.807) is 12.1 Å². The van der Waals surface area contributed by atoms with Gasteiger partial charge in [0.05, 0.1) is 11.1 Å². The molecule has 0 bridgehead atoms. The molecule has 1 aliphatic carbocycles. The van der Waals surface area contributed by atoms with Gasteiger partial charge in [-0.05, 0) is 12.1 Å². The molecule has 0 spiro atoms. The van der Waals surface area contributed by atoms with Gasteiger partial charge in [-0.1, -0.05) is 23.2 Å². The topological polar surface area (TPSA) is 81.7 Å². The van der Waals surface area contributed by atoms with Crippen molar-refractivity contribution < 1.29 is 9.59 Å². The van der Waals surface area contributed by atoms with Gasteiger partial charge in [-0.15, -0.1) is 0 Å². The zero-order valence-electron chi connectivity index (χ0n) is 8.62. The first-order valence-electron chi connectivity index (χ1n) is 4.64. The van der Waals surface area contributed by atoms with Gasteiger partial charge in [-0.25, -0.2) is 0 Å². The lowest BCUT2D eigenvalue weighted by Crippen LogP contribution is -2.18. The monoisotopic (exact) mass is 276 g/mol. The van der Waals surface area contributed by atoms with Crippen molar-refractivity contribution in [3.8, 4) is 12.1 Å². The largest absolute Gasteiger partial charge is 0.288 e. The van der Waals surface area contributed by atoms with Crippen LogP contribution in [0.25, 0.3) is 0 Å². The minimum atomic E-state index is -0.628. The number of ketones is 2. The van der Waals surface area contributed by atoms with Gasteiger partial charge in [-0.3, -0.25) is 9.59 Å². The summed E-state index contributed by atoms with van der Waals surface area (Å²) >= 11 is 11.3. The summed E-state index contributed by atoms with van der Waals surface area (Å²) in [6.45, 7) is 0. The number of hydrogen-bond acceptors (Lipinski definition) is 4. The zero-order chi connectivity index (χ0) is 13.4. The van der Waals surface area contributed by atoms with E-state index < -0.39 is 11.6 Å². The molecule has 0 N–H and O–H groups in total. The molecule has 1 aromatic carbocycles. The van der Waals surface area contributed by atoms with Gasteiger partial charge in [0.1, 0.15) is 22.2 Å². The molecule has 0 heterocycles. The Bertz CT molecular complexity index is 660. The highest BCUT2D eigenvalue weighted by Gasteiger charge is 2.31. The summed E-state index contributed by atoms with van der Waals surface area (Å²) < 4.78 is 0. The van der Waals surface area contributed by atoms with Crippen LogP contribution in [0.3, 0.4) is 0 Å². The lowest BCUT2D eigenvalue weighted by molar-refractivity contribution is 0.0987. The number of nitrogens with zero attached hydrogens (tertiary/aromatic N) is 2. The molecule has 0 saturated heterocycles. The number of fused-ring (bicyclic) bond motifs is 1. The van der Waals surface area contributed by atoms with Crippen molar-refractivity contribution in [1.82, 2.24) is 0 Å². The van der Waals surface area contributed by atoms with E-state index in [2.05, 4.69) is 0 Å². The van der Waals surface area contributed by atoms with Crippen LogP contribution >= 0.6 is 23.2 Å². The van der Waals surface area contributed by atoms with Crippen molar-refractivity contribution in [3.63, 3.8) is 0 Å². The van der Waals surface area contributed by atoms with Gasteiger partial charge in [0.25, 0.3) is 0 Å². The quantitative estimate of drug-likeness (QED) is 0.729. The Morgan fingerprint density at radius 3 is 1.44 bits per heavy atom. The number of nitriles is 2. The van der Waals surface area contributed by atoms with E-state index >= 15 is 0 Å². The fraction of sp³-hybridized carbons (Fsp3) is 0. The van der Waals surface area contributed by atoms with E-state index in [-0.39, 0.29) is 32.3 Å². The Balaban J connectivity index is 2.82.